The number of rotatable bonds is 7. The van der Waals surface area contributed by atoms with Crippen LogP contribution in [0.3, 0.4) is 0 Å². The molecule has 0 N–H and O–H groups in total. The summed E-state index contributed by atoms with van der Waals surface area (Å²) in [5.41, 5.74) is 14.3. The molecule has 1 aliphatic heterocycles. The molecule has 1 fully saturated rings. The summed E-state index contributed by atoms with van der Waals surface area (Å²) in [5, 5.41) is 2.58. The van der Waals surface area contributed by atoms with Crippen molar-refractivity contribution in [2.24, 2.45) is 5.92 Å². The van der Waals surface area contributed by atoms with Crippen LogP contribution in [0.4, 0.5) is 34.1 Å². The lowest BCUT2D eigenvalue weighted by atomic mass is 9.59. The van der Waals surface area contributed by atoms with Gasteiger partial charge in [0.15, 0.2) is 0 Å². The third-order valence-electron chi connectivity index (χ3n) is 14.5. The number of fused-ring (bicyclic) bond motifs is 12. The predicted octanol–water partition coefficient (Wildman–Crippen LogP) is 17.4. The average Bonchev–Trinajstić information content (AvgIpc) is 3.89. The highest BCUT2D eigenvalue weighted by Gasteiger charge is 2.57. The van der Waals surface area contributed by atoms with Gasteiger partial charge in [-0.25, -0.2) is 0 Å². The molecule has 312 valence electrons. The maximum Gasteiger partial charge on any atom is 0.132 e. The second-order valence-electron chi connectivity index (χ2n) is 17.9. The van der Waals surface area contributed by atoms with Gasteiger partial charge in [0.25, 0.3) is 0 Å². The lowest BCUT2D eigenvalue weighted by Crippen LogP contribution is -2.39. The molecular formula is C61H46N2OS. The van der Waals surface area contributed by atoms with Crippen LogP contribution in [0, 0.1) is 5.92 Å². The van der Waals surface area contributed by atoms with Gasteiger partial charge in [0.05, 0.1) is 5.41 Å². The van der Waals surface area contributed by atoms with E-state index < -0.39 is 0 Å². The molecule has 3 aliphatic rings. The number of para-hydroxylation sites is 4. The molecule has 0 amide bonds. The number of nitrogens with zero attached hydrogens (tertiary/aromatic N) is 2. The smallest absolute Gasteiger partial charge is 0.132 e. The van der Waals surface area contributed by atoms with Crippen LogP contribution < -0.4 is 14.5 Å². The first-order valence-electron chi connectivity index (χ1n) is 23.1. The van der Waals surface area contributed by atoms with Crippen molar-refractivity contribution in [1.29, 1.82) is 0 Å². The molecule has 0 saturated heterocycles. The molecule has 0 radical (unpaired) electrons. The molecule has 2 aliphatic carbocycles. The van der Waals surface area contributed by atoms with Crippen molar-refractivity contribution in [2.45, 2.75) is 37.0 Å². The minimum atomic E-state index is -0.319. The van der Waals surface area contributed by atoms with E-state index in [1.165, 1.54) is 79.2 Å². The zero-order valence-electron chi connectivity index (χ0n) is 36.0. The zero-order chi connectivity index (χ0) is 42.9. The normalized spacial score (nSPS) is 18.1. The second-order valence-corrected chi connectivity index (χ2v) is 18.9. The standard InChI is InChI=1S/C61H46N2OS/c1-4-18-42(19-5-1)62(43-20-6-2-7-21-43)45-34-32-41(33-35-45)51-38-47(40-59-60(51)50-26-12-17-31-58(50)65-59)63(44-22-8-3-9-23-44)46-36-37-57-55(39-46)61(54-29-15-16-30-56(54)64-57)52-27-13-10-24-48(52)49-25-11-14-28-53(49)61/h1-10,12-13,15-24,26-27,29-40,49,53H,11,14,25,28H2. The molecule has 3 nitrogen and oxygen atoms in total. The summed E-state index contributed by atoms with van der Waals surface area (Å²) < 4.78 is 9.49. The van der Waals surface area contributed by atoms with Crippen molar-refractivity contribution in [3.05, 3.63) is 241 Å². The van der Waals surface area contributed by atoms with E-state index in [1.807, 2.05) is 11.3 Å². The fraction of sp³-hybridized carbons (Fsp3) is 0.115. The van der Waals surface area contributed by atoms with E-state index >= 15 is 0 Å². The molecule has 13 rings (SSSR count). The molecule has 0 bridgehead atoms. The number of hydrogen-bond acceptors (Lipinski definition) is 4. The lowest BCUT2D eigenvalue weighted by Gasteiger charge is -2.45. The molecular weight excluding hydrogens is 809 g/mol. The van der Waals surface area contributed by atoms with Gasteiger partial charge in [0.2, 0.25) is 0 Å². The van der Waals surface area contributed by atoms with Crippen LogP contribution >= 0.6 is 11.3 Å². The fourth-order valence-corrected chi connectivity index (χ4v) is 13.1. The van der Waals surface area contributed by atoms with Crippen LogP contribution in [0.15, 0.2) is 218 Å². The van der Waals surface area contributed by atoms with Crippen LogP contribution in [0.2, 0.25) is 0 Å². The quantitative estimate of drug-likeness (QED) is 0.159. The average molecular weight is 855 g/mol. The van der Waals surface area contributed by atoms with Gasteiger partial charge in [-0.05, 0) is 138 Å². The first kappa shape index (κ1) is 38.1. The minimum absolute atomic E-state index is 0.319. The number of ether oxygens (including phenoxy) is 1. The molecule has 10 aromatic rings. The highest BCUT2D eigenvalue weighted by Crippen LogP contribution is 2.67. The van der Waals surface area contributed by atoms with Crippen molar-refractivity contribution in [1.82, 2.24) is 0 Å². The Morgan fingerprint density at radius 1 is 0.431 bits per heavy atom. The van der Waals surface area contributed by atoms with Gasteiger partial charge in [-0.3, -0.25) is 0 Å². The van der Waals surface area contributed by atoms with Gasteiger partial charge < -0.3 is 14.5 Å². The van der Waals surface area contributed by atoms with E-state index in [4.69, 9.17) is 4.74 Å². The Morgan fingerprint density at radius 2 is 1.00 bits per heavy atom. The van der Waals surface area contributed by atoms with Crippen molar-refractivity contribution < 1.29 is 4.74 Å². The predicted molar refractivity (Wildman–Crippen MR) is 272 cm³/mol. The summed E-state index contributed by atoms with van der Waals surface area (Å²) in [4.78, 5) is 4.80. The summed E-state index contributed by atoms with van der Waals surface area (Å²) >= 11 is 1.88. The molecule has 2 heterocycles. The Hall–Kier alpha value is -7.40. The van der Waals surface area contributed by atoms with Crippen molar-refractivity contribution in [3.63, 3.8) is 0 Å². The van der Waals surface area contributed by atoms with Crippen LogP contribution in [-0.4, -0.2) is 0 Å². The Bertz CT molecular complexity index is 3340. The van der Waals surface area contributed by atoms with E-state index in [0.29, 0.717) is 11.8 Å². The largest absolute Gasteiger partial charge is 0.457 e. The molecule has 9 aromatic carbocycles. The van der Waals surface area contributed by atoms with Gasteiger partial charge in [0.1, 0.15) is 11.5 Å². The van der Waals surface area contributed by atoms with Gasteiger partial charge >= 0.3 is 0 Å². The van der Waals surface area contributed by atoms with E-state index in [0.717, 1.165) is 45.6 Å². The van der Waals surface area contributed by atoms with E-state index in [-0.39, 0.29) is 5.41 Å². The molecule has 3 atom stereocenters. The van der Waals surface area contributed by atoms with Crippen LogP contribution in [-0.2, 0) is 5.41 Å². The fourth-order valence-electron chi connectivity index (χ4n) is 11.9. The van der Waals surface area contributed by atoms with E-state index in [9.17, 15) is 0 Å². The summed E-state index contributed by atoms with van der Waals surface area (Å²) in [5.74, 6) is 2.91. The summed E-state index contributed by atoms with van der Waals surface area (Å²) in [7, 11) is 0. The van der Waals surface area contributed by atoms with Crippen molar-refractivity contribution in [2.75, 3.05) is 9.80 Å². The topological polar surface area (TPSA) is 15.7 Å². The third-order valence-corrected chi connectivity index (χ3v) is 15.6. The van der Waals surface area contributed by atoms with E-state index in [2.05, 4.69) is 228 Å². The van der Waals surface area contributed by atoms with Gasteiger partial charge in [-0.1, -0.05) is 140 Å². The SMILES string of the molecule is c1ccc(N(c2ccccc2)c2ccc(-c3cc(N(c4ccccc4)c4ccc5c(c4)C4(c6ccccc6O5)c5ccccc5C5CCCCC54)cc4sc5ccccc5c34)cc2)cc1. The monoisotopic (exact) mass is 854 g/mol. The first-order valence-corrected chi connectivity index (χ1v) is 23.9. The molecule has 65 heavy (non-hydrogen) atoms. The Balaban J connectivity index is 1.01. The number of anilines is 6. The summed E-state index contributed by atoms with van der Waals surface area (Å²) in [6.45, 7) is 0. The highest BCUT2D eigenvalue weighted by atomic mass is 32.1. The second kappa shape index (κ2) is 15.4. The summed E-state index contributed by atoms with van der Waals surface area (Å²) in [6.07, 6.45) is 4.95. The molecule has 4 heteroatoms. The van der Waals surface area contributed by atoms with Gasteiger partial charge in [-0.2, -0.15) is 0 Å². The molecule has 3 unspecified atom stereocenters. The van der Waals surface area contributed by atoms with Crippen LogP contribution in [0.5, 0.6) is 11.5 Å². The van der Waals surface area contributed by atoms with Gasteiger partial charge in [0, 0.05) is 65.4 Å². The van der Waals surface area contributed by atoms with Crippen molar-refractivity contribution >= 4 is 65.6 Å². The molecule has 1 spiro atoms. The third kappa shape index (κ3) is 6.01. The van der Waals surface area contributed by atoms with Crippen LogP contribution in [0.25, 0.3) is 31.3 Å². The number of benzene rings is 9. The number of hydrogen-bond donors (Lipinski definition) is 0. The van der Waals surface area contributed by atoms with Gasteiger partial charge in [-0.15, -0.1) is 11.3 Å². The Kier molecular flexibility index (Phi) is 9.02. The highest BCUT2D eigenvalue weighted by molar-refractivity contribution is 7.26. The molecule has 1 aromatic heterocycles. The lowest BCUT2D eigenvalue weighted by molar-refractivity contribution is 0.248. The summed E-state index contributed by atoms with van der Waals surface area (Å²) in [6, 6.07) is 80.3. The molecule has 1 saturated carbocycles. The Labute approximate surface area is 384 Å². The Morgan fingerprint density at radius 3 is 1.74 bits per heavy atom. The zero-order valence-corrected chi connectivity index (χ0v) is 36.8. The van der Waals surface area contributed by atoms with E-state index in [1.54, 1.807) is 0 Å². The van der Waals surface area contributed by atoms with Crippen LogP contribution in [0.1, 0.15) is 53.9 Å². The first-order chi connectivity index (χ1) is 32.2. The number of thiophene rings is 1. The minimum Gasteiger partial charge on any atom is -0.457 e. The van der Waals surface area contributed by atoms with Crippen molar-refractivity contribution in [3.8, 4) is 22.6 Å². The maximum absolute atomic E-state index is 6.94. The maximum atomic E-state index is 6.94.